The molecule has 2 N–H and O–H groups in total. The molecule has 2 unspecified atom stereocenters. The largest absolute Gasteiger partial charge is 0.339 e. The fraction of sp³-hybridized carbons (Fsp3) is 0.500. The van der Waals surface area contributed by atoms with Crippen molar-refractivity contribution in [3.63, 3.8) is 0 Å². The summed E-state index contributed by atoms with van der Waals surface area (Å²) >= 11 is 5.03. The molecule has 4 nitrogen and oxygen atoms in total. The number of rotatable bonds is 2. The summed E-state index contributed by atoms with van der Waals surface area (Å²) in [5.74, 6) is 1.59. The Morgan fingerprint density at radius 1 is 1.39 bits per heavy atom. The second-order valence-electron chi connectivity index (χ2n) is 4.64. The second kappa shape index (κ2) is 5.11. The number of aromatic nitrogens is 2. The van der Waals surface area contributed by atoms with Gasteiger partial charge in [-0.2, -0.15) is 4.98 Å². The van der Waals surface area contributed by atoms with Crippen molar-refractivity contribution >= 4 is 27.3 Å². The van der Waals surface area contributed by atoms with Gasteiger partial charge in [-0.15, -0.1) is 11.3 Å². The average Bonchev–Trinajstić information content (AvgIpc) is 2.98. The molecule has 1 fully saturated rings. The molecule has 2 heterocycles. The van der Waals surface area contributed by atoms with E-state index in [4.69, 9.17) is 10.3 Å². The smallest absolute Gasteiger partial charge is 0.231 e. The van der Waals surface area contributed by atoms with Gasteiger partial charge in [0, 0.05) is 15.9 Å². The number of nitrogens with zero attached hydrogens (tertiary/aromatic N) is 2. The monoisotopic (exact) mass is 327 g/mol. The highest BCUT2D eigenvalue weighted by Crippen LogP contribution is 2.33. The lowest BCUT2D eigenvalue weighted by molar-refractivity contribution is 0.290. The number of halogens is 1. The van der Waals surface area contributed by atoms with Gasteiger partial charge in [0.05, 0.1) is 10.8 Å². The molecule has 0 spiro atoms. The molecule has 3 rings (SSSR count). The van der Waals surface area contributed by atoms with Crippen LogP contribution in [0.1, 0.15) is 37.5 Å². The highest BCUT2D eigenvalue weighted by Gasteiger charge is 2.28. The molecule has 1 saturated carbocycles. The third kappa shape index (κ3) is 2.37. The van der Waals surface area contributed by atoms with Crippen molar-refractivity contribution in [2.45, 2.75) is 37.6 Å². The van der Waals surface area contributed by atoms with Crippen LogP contribution < -0.4 is 5.73 Å². The number of thiophene rings is 1. The lowest BCUT2D eigenvalue weighted by Gasteiger charge is -2.25. The molecule has 2 aromatic heterocycles. The first-order chi connectivity index (χ1) is 8.74. The Kier molecular flexibility index (Phi) is 3.50. The van der Waals surface area contributed by atoms with E-state index >= 15 is 0 Å². The number of hydrogen-bond donors (Lipinski definition) is 1. The number of nitrogens with two attached hydrogens (primary N) is 1. The Morgan fingerprint density at radius 3 is 2.94 bits per heavy atom. The summed E-state index contributed by atoms with van der Waals surface area (Å²) in [6.07, 6.45) is 4.50. The Bertz CT molecular complexity index is 539. The van der Waals surface area contributed by atoms with E-state index in [0.29, 0.717) is 11.7 Å². The summed E-state index contributed by atoms with van der Waals surface area (Å²) in [5, 5.41) is 6.07. The van der Waals surface area contributed by atoms with Gasteiger partial charge in [-0.05, 0) is 34.8 Å². The number of hydrogen-bond acceptors (Lipinski definition) is 5. The lowest BCUT2D eigenvalue weighted by Crippen LogP contribution is -2.31. The summed E-state index contributed by atoms with van der Waals surface area (Å²) in [4.78, 5) is 5.51. The molecule has 0 saturated heterocycles. The summed E-state index contributed by atoms with van der Waals surface area (Å²) in [5.41, 5.74) is 6.13. The molecule has 18 heavy (non-hydrogen) atoms. The van der Waals surface area contributed by atoms with Crippen molar-refractivity contribution in [1.29, 1.82) is 0 Å². The first kappa shape index (κ1) is 12.3. The normalized spacial score (nSPS) is 24.3. The zero-order chi connectivity index (χ0) is 12.5. The molecule has 1 aliphatic rings. The predicted molar refractivity (Wildman–Crippen MR) is 74.5 cm³/mol. The van der Waals surface area contributed by atoms with E-state index in [1.165, 1.54) is 12.8 Å². The Labute approximate surface area is 118 Å². The molecule has 6 heteroatoms. The van der Waals surface area contributed by atoms with Gasteiger partial charge in [0.2, 0.25) is 11.7 Å². The van der Waals surface area contributed by atoms with Crippen molar-refractivity contribution in [1.82, 2.24) is 10.1 Å². The molecule has 0 bridgehead atoms. The minimum absolute atomic E-state index is 0.155. The van der Waals surface area contributed by atoms with Crippen molar-refractivity contribution in [2.24, 2.45) is 5.73 Å². The zero-order valence-corrected chi connectivity index (χ0v) is 12.2. The van der Waals surface area contributed by atoms with Crippen molar-refractivity contribution in [3.05, 3.63) is 21.8 Å². The van der Waals surface area contributed by atoms with E-state index in [0.717, 1.165) is 22.2 Å². The van der Waals surface area contributed by atoms with Crippen molar-refractivity contribution in [3.8, 4) is 10.7 Å². The fourth-order valence-corrected chi connectivity index (χ4v) is 3.73. The van der Waals surface area contributed by atoms with Crippen LogP contribution in [0, 0.1) is 0 Å². The van der Waals surface area contributed by atoms with Crippen LogP contribution in [-0.4, -0.2) is 16.2 Å². The van der Waals surface area contributed by atoms with Crippen LogP contribution in [0.4, 0.5) is 0 Å². The Balaban J connectivity index is 1.84. The van der Waals surface area contributed by atoms with E-state index in [2.05, 4.69) is 26.1 Å². The highest BCUT2D eigenvalue weighted by molar-refractivity contribution is 9.10. The molecular weight excluding hydrogens is 314 g/mol. The maximum atomic E-state index is 6.13. The van der Waals surface area contributed by atoms with Crippen LogP contribution in [0.15, 0.2) is 20.4 Å². The standard InChI is InChI=1S/C12H14BrN3OS/c13-7-5-10(18-6-7)11-15-12(17-16-11)8-3-1-2-4-9(8)14/h5-6,8-9H,1-4,14H2. The van der Waals surface area contributed by atoms with E-state index in [1.54, 1.807) is 11.3 Å². The van der Waals surface area contributed by atoms with E-state index in [-0.39, 0.29) is 12.0 Å². The topological polar surface area (TPSA) is 64.9 Å². The SMILES string of the molecule is NC1CCCCC1c1nc(-c2cc(Br)cs2)no1. The van der Waals surface area contributed by atoms with Crippen LogP contribution >= 0.6 is 27.3 Å². The summed E-state index contributed by atoms with van der Waals surface area (Å²) in [7, 11) is 0. The third-order valence-electron chi connectivity index (χ3n) is 3.37. The zero-order valence-electron chi connectivity index (χ0n) is 9.80. The molecule has 1 aliphatic carbocycles. The van der Waals surface area contributed by atoms with Crippen LogP contribution in [0.5, 0.6) is 0 Å². The fourth-order valence-electron chi connectivity index (χ4n) is 2.38. The van der Waals surface area contributed by atoms with E-state index in [1.807, 2.05) is 11.4 Å². The van der Waals surface area contributed by atoms with Crippen LogP contribution in [0.3, 0.4) is 0 Å². The minimum atomic E-state index is 0.155. The van der Waals surface area contributed by atoms with Gasteiger partial charge in [0.1, 0.15) is 0 Å². The highest BCUT2D eigenvalue weighted by atomic mass is 79.9. The van der Waals surface area contributed by atoms with Crippen molar-refractivity contribution in [2.75, 3.05) is 0 Å². The van der Waals surface area contributed by atoms with Gasteiger partial charge in [-0.25, -0.2) is 0 Å². The average molecular weight is 328 g/mol. The van der Waals surface area contributed by atoms with E-state index in [9.17, 15) is 0 Å². The second-order valence-corrected chi connectivity index (χ2v) is 6.47. The third-order valence-corrected chi connectivity index (χ3v) is 5.05. The molecule has 0 aromatic carbocycles. The molecule has 0 aliphatic heterocycles. The van der Waals surface area contributed by atoms with Crippen molar-refractivity contribution < 1.29 is 4.52 Å². The van der Waals surface area contributed by atoms with E-state index < -0.39 is 0 Å². The predicted octanol–water partition coefficient (Wildman–Crippen LogP) is 3.55. The maximum Gasteiger partial charge on any atom is 0.231 e. The summed E-state index contributed by atoms with van der Waals surface area (Å²) in [6.45, 7) is 0. The quantitative estimate of drug-likeness (QED) is 0.916. The van der Waals surface area contributed by atoms with Gasteiger partial charge in [-0.3, -0.25) is 0 Å². The first-order valence-corrected chi connectivity index (χ1v) is 7.75. The van der Waals surface area contributed by atoms with Crippen LogP contribution in [0.25, 0.3) is 10.7 Å². The molecular formula is C12H14BrN3OS. The van der Waals surface area contributed by atoms with Gasteiger partial charge < -0.3 is 10.3 Å². The summed E-state index contributed by atoms with van der Waals surface area (Å²) in [6, 6.07) is 2.15. The molecule has 2 atom stereocenters. The molecule has 0 radical (unpaired) electrons. The molecule has 96 valence electrons. The minimum Gasteiger partial charge on any atom is -0.339 e. The maximum absolute atomic E-state index is 6.13. The van der Waals surface area contributed by atoms with Gasteiger partial charge in [0.25, 0.3) is 0 Å². The van der Waals surface area contributed by atoms with Gasteiger partial charge in [0.15, 0.2) is 0 Å². The van der Waals surface area contributed by atoms with Gasteiger partial charge >= 0.3 is 0 Å². The Morgan fingerprint density at radius 2 is 2.22 bits per heavy atom. The molecule has 2 aromatic rings. The summed E-state index contributed by atoms with van der Waals surface area (Å²) < 4.78 is 6.43. The molecule has 0 amide bonds. The first-order valence-electron chi connectivity index (χ1n) is 6.07. The van der Waals surface area contributed by atoms with Crippen LogP contribution in [0.2, 0.25) is 0 Å². The van der Waals surface area contributed by atoms with Gasteiger partial charge in [-0.1, -0.05) is 18.0 Å². The Hall–Kier alpha value is -0.720. The lowest BCUT2D eigenvalue weighted by atomic mass is 9.85. The van der Waals surface area contributed by atoms with Crippen LogP contribution in [-0.2, 0) is 0 Å².